The summed E-state index contributed by atoms with van der Waals surface area (Å²) in [6.07, 6.45) is 10.9. The second-order valence-corrected chi connectivity index (χ2v) is 11.1. The van der Waals surface area contributed by atoms with Crippen LogP contribution in [0.4, 0.5) is 17.6 Å². The van der Waals surface area contributed by atoms with E-state index in [0.29, 0.717) is 17.2 Å². The first-order valence-electron chi connectivity index (χ1n) is 14.1. The van der Waals surface area contributed by atoms with Gasteiger partial charge < -0.3 is 9.47 Å². The number of rotatable bonds is 10. The Morgan fingerprint density at radius 1 is 0.784 bits per heavy atom. The Bertz CT molecular complexity index is 956. The van der Waals surface area contributed by atoms with Crippen LogP contribution in [0.2, 0.25) is 0 Å². The molecule has 0 spiro atoms. The van der Waals surface area contributed by atoms with Crippen LogP contribution in [0.25, 0.3) is 0 Å². The number of halogens is 4. The Balaban J connectivity index is 1.25. The lowest BCUT2D eigenvalue weighted by molar-refractivity contribution is -0.274. The van der Waals surface area contributed by atoms with Crippen LogP contribution in [0.15, 0.2) is 42.5 Å². The largest absolute Gasteiger partial charge is 0.573 e. The van der Waals surface area contributed by atoms with Gasteiger partial charge in [0.2, 0.25) is 0 Å². The third-order valence-electron chi connectivity index (χ3n) is 8.47. The topological polar surface area (TPSA) is 18.5 Å². The molecular formula is C31H40F4O2. The van der Waals surface area contributed by atoms with Gasteiger partial charge in [0.05, 0.1) is 0 Å². The molecule has 2 aliphatic rings. The highest BCUT2D eigenvalue weighted by Crippen LogP contribution is 2.45. The van der Waals surface area contributed by atoms with E-state index in [2.05, 4.69) is 11.7 Å². The summed E-state index contributed by atoms with van der Waals surface area (Å²) >= 11 is 0. The molecule has 0 heterocycles. The van der Waals surface area contributed by atoms with Crippen molar-refractivity contribution >= 4 is 0 Å². The molecule has 0 N–H and O–H groups in total. The first kappa shape index (κ1) is 27.8. The molecule has 0 atom stereocenters. The summed E-state index contributed by atoms with van der Waals surface area (Å²) in [6, 6.07) is 10.5. The van der Waals surface area contributed by atoms with Gasteiger partial charge in [-0.3, -0.25) is 0 Å². The summed E-state index contributed by atoms with van der Waals surface area (Å²) in [6.45, 7) is 2.41. The second-order valence-electron chi connectivity index (χ2n) is 11.1. The van der Waals surface area contributed by atoms with E-state index in [1.807, 2.05) is 6.07 Å². The molecule has 0 amide bonds. The Labute approximate surface area is 218 Å². The molecule has 2 aromatic rings. The molecule has 2 aromatic carbocycles. The van der Waals surface area contributed by atoms with Gasteiger partial charge in [-0.15, -0.1) is 13.2 Å². The van der Waals surface area contributed by atoms with Crippen LogP contribution in [-0.2, 0) is 6.61 Å². The molecule has 2 aliphatic carbocycles. The van der Waals surface area contributed by atoms with Gasteiger partial charge in [-0.25, -0.2) is 4.39 Å². The van der Waals surface area contributed by atoms with E-state index in [4.69, 9.17) is 4.74 Å². The summed E-state index contributed by atoms with van der Waals surface area (Å²) in [5.41, 5.74) is 1.67. The molecule has 0 unspecified atom stereocenters. The van der Waals surface area contributed by atoms with E-state index in [0.717, 1.165) is 36.2 Å². The zero-order valence-corrected chi connectivity index (χ0v) is 21.9. The van der Waals surface area contributed by atoms with Crippen molar-refractivity contribution in [3.63, 3.8) is 0 Å². The minimum Gasteiger partial charge on any atom is -0.489 e. The van der Waals surface area contributed by atoms with Crippen LogP contribution < -0.4 is 9.47 Å². The number of hydrogen-bond acceptors (Lipinski definition) is 2. The van der Waals surface area contributed by atoms with Crippen molar-refractivity contribution in [3.8, 4) is 11.5 Å². The predicted octanol–water partition coefficient (Wildman–Crippen LogP) is 9.96. The lowest BCUT2D eigenvalue weighted by Gasteiger charge is -2.38. The fourth-order valence-corrected chi connectivity index (χ4v) is 6.41. The Hall–Kier alpha value is -2.24. The van der Waals surface area contributed by atoms with Crippen molar-refractivity contribution in [1.29, 1.82) is 0 Å². The minimum absolute atomic E-state index is 0.142. The predicted molar refractivity (Wildman–Crippen MR) is 138 cm³/mol. The number of unbranched alkanes of at least 4 members (excludes halogenated alkanes) is 2. The average Bonchev–Trinajstić information content (AvgIpc) is 2.88. The van der Waals surface area contributed by atoms with Gasteiger partial charge in [0, 0.05) is 6.07 Å². The van der Waals surface area contributed by atoms with Crippen LogP contribution in [0.1, 0.15) is 101 Å². The molecule has 2 fully saturated rings. The third-order valence-corrected chi connectivity index (χ3v) is 8.47. The van der Waals surface area contributed by atoms with Gasteiger partial charge in [-0.05, 0) is 97.6 Å². The molecule has 37 heavy (non-hydrogen) atoms. The summed E-state index contributed by atoms with van der Waals surface area (Å²) in [7, 11) is 0. The van der Waals surface area contributed by atoms with Gasteiger partial charge in [0.15, 0.2) is 0 Å². The van der Waals surface area contributed by atoms with Crippen molar-refractivity contribution in [3.05, 3.63) is 59.4 Å². The van der Waals surface area contributed by atoms with E-state index in [1.165, 1.54) is 94.5 Å². The third kappa shape index (κ3) is 8.65. The zero-order chi connectivity index (χ0) is 26.3. The van der Waals surface area contributed by atoms with Crippen molar-refractivity contribution in [2.75, 3.05) is 0 Å². The maximum absolute atomic E-state index is 14.4. The van der Waals surface area contributed by atoms with Crippen LogP contribution in [0.5, 0.6) is 11.5 Å². The number of alkyl halides is 3. The monoisotopic (exact) mass is 520 g/mol. The van der Waals surface area contributed by atoms with E-state index in [1.54, 1.807) is 6.07 Å². The molecule has 6 heteroatoms. The molecular weight excluding hydrogens is 480 g/mol. The van der Waals surface area contributed by atoms with Crippen LogP contribution >= 0.6 is 0 Å². The van der Waals surface area contributed by atoms with Gasteiger partial charge in [0.1, 0.15) is 23.9 Å². The van der Waals surface area contributed by atoms with Gasteiger partial charge >= 0.3 is 6.36 Å². The second kappa shape index (κ2) is 13.0. The molecule has 0 radical (unpaired) electrons. The Kier molecular flexibility index (Phi) is 9.77. The molecule has 0 bridgehead atoms. The van der Waals surface area contributed by atoms with Crippen LogP contribution in [0.3, 0.4) is 0 Å². The number of hydrogen-bond donors (Lipinski definition) is 0. The maximum atomic E-state index is 14.4. The fraction of sp³-hybridized carbons (Fsp3) is 0.613. The smallest absolute Gasteiger partial charge is 0.489 e. The summed E-state index contributed by atoms with van der Waals surface area (Å²) in [5.74, 6) is 2.82. The van der Waals surface area contributed by atoms with E-state index >= 15 is 0 Å². The van der Waals surface area contributed by atoms with E-state index in [-0.39, 0.29) is 18.2 Å². The first-order valence-corrected chi connectivity index (χ1v) is 14.1. The molecule has 4 rings (SSSR count). The van der Waals surface area contributed by atoms with Gasteiger partial charge in [0.25, 0.3) is 0 Å². The highest BCUT2D eigenvalue weighted by Gasteiger charge is 2.32. The molecule has 0 saturated heterocycles. The van der Waals surface area contributed by atoms with Crippen molar-refractivity contribution in [2.45, 2.75) is 103 Å². The first-order chi connectivity index (χ1) is 17.8. The lowest BCUT2D eigenvalue weighted by atomic mass is 9.68. The van der Waals surface area contributed by atoms with Crippen molar-refractivity contribution < 1.29 is 27.0 Å². The van der Waals surface area contributed by atoms with E-state index < -0.39 is 6.36 Å². The minimum atomic E-state index is -4.72. The maximum Gasteiger partial charge on any atom is 0.573 e. The number of benzene rings is 2. The van der Waals surface area contributed by atoms with Crippen LogP contribution in [-0.4, -0.2) is 6.36 Å². The molecule has 0 aromatic heterocycles. The molecule has 2 saturated carbocycles. The SMILES string of the molecule is CCCCCC1CCC(C2CCC(c3cc(F)cc(OCc4ccc(OC(F)(F)F)cc4)c3)CC2)CC1. The van der Waals surface area contributed by atoms with Gasteiger partial charge in [-0.2, -0.15) is 0 Å². The Morgan fingerprint density at radius 3 is 2.05 bits per heavy atom. The van der Waals surface area contributed by atoms with Gasteiger partial charge in [-0.1, -0.05) is 57.6 Å². The standard InChI is InChI=1S/C31H40F4O2/c1-2-3-4-5-22-6-10-24(11-7-22)25-12-14-26(15-13-25)27-18-28(32)20-30(19-27)36-21-23-8-16-29(17-9-23)37-31(33,34)35/h8-9,16-20,22,24-26H,2-7,10-15,21H2,1H3. The highest BCUT2D eigenvalue weighted by molar-refractivity contribution is 5.33. The lowest BCUT2D eigenvalue weighted by Crippen LogP contribution is -2.25. The summed E-state index contributed by atoms with van der Waals surface area (Å²) in [5, 5.41) is 0. The van der Waals surface area contributed by atoms with Crippen molar-refractivity contribution in [2.24, 2.45) is 17.8 Å². The van der Waals surface area contributed by atoms with Crippen molar-refractivity contribution in [1.82, 2.24) is 0 Å². The average molecular weight is 521 g/mol. The number of ether oxygens (including phenoxy) is 2. The highest BCUT2D eigenvalue weighted by atomic mass is 19.4. The fourth-order valence-electron chi connectivity index (χ4n) is 6.41. The molecule has 2 nitrogen and oxygen atoms in total. The quantitative estimate of drug-likeness (QED) is 0.229. The molecule has 204 valence electrons. The molecule has 0 aliphatic heterocycles. The Morgan fingerprint density at radius 2 is 1.43 bits per heavy atom. The van der Waals surface area contributed by atoms with E-state index in [9.17, 15) is 17.6 Å². The van der Waals surface area contributed by atoms with Crippen LogP contribution in [0, 0.1) is 23.6 Å². The summed E-state index contributed by atoms with van der Waals surface area (Å²) < 4.78 is 61.1. The normalized spacial score (nSPS) is 24.6. The zero-order valence-electron chi connectivity index (χ0n) is 21.9. The summed E-state index contributed by atoms with van der Waals surface area (Å²) in [4.78, 5) is 0.